The van der Waals surface area contributed by atoms with Crippen molar-refractivity contribution in [2.75, 3.05) is 24.7 Å². The number of nitrogen functional groups attached to an aromatic ring is 1. The highest BCUT2D eigenvalue weighted by molar-refractivity contribution is 5.82. The molecular weight excluding hydrogens is 234 g/mol. The van der Waals surface area contributed by atoms with Gasteiger partial charge in [0.15, 0.2) is 5.82 Å². The predicted octanol–water partition coefficient (Wildman–Crippen LogP) is 0.394. The first-order valence-corrected chi connectivity index (χ1v) is 5.53. The molecular formula is C11H19N5O2. The van der Waals surface area contributed by atoms with Crippen molar-refractivity contribution >= 4 is 17.4 Å². The second kappa shape index (κ2) is 5.52. The highest BCUT2D eigenvalue weighted by atomic mass is 16.5. The van der Waals surface area contributed by atoms with E-state index in [0.29, 0.717) is 5.82 Å². The summed E-state index contributed by atoms with van der Waals surface area (Å²) in [4.78, 5) is 19.4. The molecule has 4 N–H and O–H groups in total. The van der Waals surface area contributed by atoms with E-state index in [4.69, 9.17) is 10.5 Å². The summed E-state index contributed by atoms with van der Waals surface area (Å²) in [5.74, 6) is 0.522. The Hall–Kier alpha value is -2.05. The lowest BCUT2D eigenvalue weighted by molar-refractivity contribution is -0.120. The molecule has 0 aliphatic heterocycles. The van der Waals surface area contributed by atoms with Crippen molar-refractivity contribution in [3.05, 3.63) is 6.33 Å². The number of ether oxygens (including phenoxy) is 1. The number of carbonyl (C=O) groups is 1. The molecule has 0 atom stereocenters. The number of methoxy groups -OCH3 is 1. The standard InChI is InChI=1S/C11H19N5O2/c1-11(2,3)16-7(17)5-13-9-8(12)10(18-4)15-6-14-9/h6H,5,12H2,1-4H3,(H,16,17)(H,13,14,15). The van der Waals surface area contributed by atoms with Crippen LogP contribution in [0.3, 0.4) is 0 Å². The average Bonchev–Trinajstić information content (AvgIpc) is 2.25. The molecule has 1 aromatic heterocycles. The first-order chi connectivity index (χ1) is 8.33. The third-order valence-electron chi connectivity index (χ3n) is 1.97. The third-order valence-corrected chi connectivity index (χ3v) is 1.97. The summed E-state index contributed by atoms with van der Waals surface area (Å²) < 4.78 is 4.96. The lowest BCUT2D eigenvalue weighted by Gasteiger charge is -2.20. The predicted molar refractivity (Wildman–Crippen MR) is 69.4 cm³/mol. The number of nitrogens with zero attached hydrogens (tertiary/aromatic N) is 2. The Kier molecular flexibility index (Phi) is 4.30. The van der Waals surface area contributed by atoms with Gasteiger partial charge >= 0.3 is 0 Å². The molecule has 0 saturated heterocycles. The molecule has 0 radical (unpaired) electrons. The Balaban J connectivity index is 2.61. The first kappa shape index (κ1) is 14.0. The molecule has 1 rings (SSSR count). The number of anilines is 2. The Morgan fingerprint density at radius 1 is 1.44 bits per heavy atom. The summed E-state index contributed by atoms with van der Waals surface area (Å²) in [5.41, 5.74) is 5.77. The lowest BCUT2D eigenvalue weighted by atomic mass is 10.1. The normalized spacial score (nSPS) is 10.9. The van der Waals surface area contributed by atoms with Crippen LogP contribution in [-0.4, -0.2) is 35.1 Å². The van der Waals surface area contributed by atoms with Gasteiger partial charge in [-0.15, -0.1) is 0 Å². The zero-order valence-electron chi connectivity index (χ0n) is 11.1. The van der Waals surface area contributed by atoms with Crippen LogP contribution in [0.25, 0.3) is 0 Å². The second-order valence-corrected chi connectivity index (χ2v) is 4.80. The highest BCUT2D eigenvalue weighted by Gasteiger charge is 2.14. The van der Waals surface area contributed by atoms with Crippen molar-refractivity contribution in [3.8, 4) is 5.88 Å². The smallest absolute Gasteiger partial charge is 0.242 e. The fourth-order valence-electron chi connectivity index (χ4n) is 1.31. The van der Waals surface area contributed by atoms with E-state index in [1.54, 1.807) is 0 Å². The van der Waals surface area contributed by atoms with Crippen LogP contribution in [0.2, 0.25) is 0 Å². The van der Waals surface area contributed by atoms with E-state index in [1.165, 1.54) is 13.4 Å². The second-order valence-electron chi connectivity index (χ2n) is 4.80. The summed E-state index contributed by atoms with van der Waals surface area (Å²) in [7, 11) is 1.47. The molecule has 0 bridgehead atoms. The molecule has 1 amide bonds. The Bertz CT molecular complexity index is 428. The van der Waals surface area contributed by atoms with Gasteiger partial charge in [0.2, 0.25) is 11.8 Å². The lowest BCUT2D eigenvalue weighted by Crippen LogP contribution is -2.43. The van der Waals surface area contributed by atoms with Gasteiger partial charge in [0, 0.05) is 5.54 Å². The highest BCUT2D eigenvalue weighted by Crippen LogP contribution is 2.23. The molecule has 0 fully saturated rings. The van der Waals surface area contributed by atoms with Crippen LogP contribution in [0.15, 0.2) is 6.33 Å². The van der Waals surface area contributed by atoms with Crippen LogP contribution < -0.4 is 21.1 Å². The molecule has 0 aromatic carbocycles. The van der Waals surface area contributed by atoms with E-state index in [2.05, 4.69) is 20.6 Å². The maximum Gasteiger partial charge on any atom is 0.242 e. The van der Waals surface area contributed by atoms with E-state index in [0.717, 1.165) is 0 Å². The maximum absolute atomic E-state index is 11.6. The Labute approximate surface area is 106 Å². The van der Waals surface area contributed by atoms with E-state index >= 15 is 0 Å². The van der Waals surface area contributed by atoms with Gasteiger partial charge in [-0.1, -0.05) is 0 Å². The molecule has 7 nitrogen and oxygen atoms in total. The zero-order chi connectivity index (χ0) is 13.8. The Morgan fingerprint density at radius 2 is 2.11 bits per heavy atom. The van der Waals surface area contributed by atoms with Gasteiger partial charge in [0.1, 0.15) is 12.0 Å². The fraction of sp³-hybridized carbons (Fsp3) is 0.545. The van der Waals surface area contributed by atoms with Crippen molar-refractivity contribution in [2.24, 2.45) is 0 Å². The number of carbonyl (C=O) groups excluding carboxylic acids is 1. The molecule has 100 valence electrons. The summed E-state index contributed by atoms with van der Waals surface area (Å²) in [6.07, 6.45) is 1.32. The molecule has 7 heteroatoms. The van der Waals surface area contributed by atoms with Gasteiger partial charge in [0.05, 0.1) is 13.7 Å². The molecule has 0 unspecified atom stereocenters. The fourth-order valence-corrected chi connectivity index (χ4v) is 1.31. The molecule has 0 aliphatic carbocycles. The van der Waals surface area contributed by atoms with Crippen LogP contribution in [-0.2, 0) is 4.79 Å². The SMILES string of the molecule is COc1ncnc(NCC(=O)NC(C)(C)C)c1N. The van der Waals surface area contributed by atoms with Crippen molar-refractivity contribution in [1.82, 2.24) is 15.3 Å². The minimum absolute atomic E-state index is 0.0850. The van der Waals surface area contributed by atoms with E-state index < -0.39 is 0 Å². The minimum Gasteiger partial charge on any atom is -0.479 e. The molecule has 0 saturated carbocycles. The largest absolute Gasteiger partial charge is 0.479 e. The van der Waals surface area contributed by atoms with Crippen molar-refractivity contribution in [1.29, 1.82) is 0 Å². The number of rotatable bonds is 4. The quantitative estimate of drug-likeness (QED) is 0.717. The van der Waals surface area contributed by atoms with E-state index in [-0.39, 0.29) is 29.6 Å². The van der Waals surface area contributed by atoms with Crippen LogP contribution in [0.5, 0.6) is 5.88 Å². The van der Waals surface area contributed by atoms with Crippen LogP contribution in [0, 0.1) is 0 Å². The third kappa shape index (κ3) is 4.08. The van der Waals surface area contributed by atoms with Gasteiger partial charge in [-0.25, -0.2) is 4.98 Å². The number of nitrogens with two attached hydrogens (primary N) is 1. The van der Waals surface area contributed by atoms with Gasteiger partial charge in [0.25, 0.3) is 0 Å². The van der Waals surface area contributed by atoms with Gasteiger partial charge in [-0.2, -0.15) is 4.98 Å². The van der Waals surface area contributed by atoms with E-state index in [9.17, 15) is 4.79 Å². The van der Waals surface area contributed by atoms with Crippen molar-refractivity contribution < 1.29 is 9.53 Å². The molecule has 1 heterocycles. The number of nitrogens with one attached hydrogen (secondary N) is 2. The Morgan fingerprint density at radius 3 is 2.67 bits per heavy atom. The average molecular weight is 253 g/mol. The number of hydrogen-bond acceptors (Lipinski definition) is 6. The monoisotopic (exact) mass is 253 g/mol. The van der Waals surface area contributed by atoms with Crippen LogP contribution in [0.4, 0.5) is 11.5 Å². The first-order valence-electron chi connectivity index (χ1n) is 5.53. The van der Waals surface area contributed by atoms with Crippen LogP contribution >= 0.6 is 0 Å². The minimum atomic E-state index is -0.270. The van der Waals surface area contributed by atoms with Crippen LogP contribution in [0.1, 0.15) is 20.8 Å². The number of aromatic nitrogens is 2. The van der Waals surface area contributed by atoms with Crippen molar-refractivity contribution in [2.45, 2.75) is 26.3 Å². The molecule has 1 aromatic rings. The van der Waals surface area contributed by atoms with Crippen molar-refractivity contribution in [3.63, 3.8) is 0 Å². The van der Waals surface area contributed by atoms with Gasteiger partial charge in [-0.3, -0.25) is 4.79 Å². The summed E-state index contributed by atoms with van der Waals surface area (Å²) in [5, 5.41) is 5.66. The molecule has 18 heavy (non-hydrogen) atoms. The molecule has 0 spiro atoms. The zero-order valence-corrected chi connectivity index (χ0v) is 11.1. The van der Waals surface area contributed by atoms with E-state index in [1.807, 2.05) is 20.8 Å². The summed E-state index contributed by atoms with van der Waals surface area (Å²) in [6.45, 7) is 5.81. The summed E-state index contributed by atoms with van der Waals surface area (Å²) in [6, 6.07) is 0. The summed E-state index contributed by atoms with van der Waals surface area (Å²) >= 11 is 0. The van der Waals surface area contributed by atoms with Gasteiger partial charge < -0.3 is 21.1 Å². The van der Waals surface area contributed by atoms with Gasteiger partial charge in [-0.05, 0) is 20.8 Å². The maximum atomic E-state index is 11.6. The molecule has 0 aliphatic rings. The number of amides is 1. The number of hydrogen-bond donors (Lipinski definition) is 3. The topological polar surface area (TPSA) is 102 Å².